The van der Waals surface area contributed by atoms with Crippen molar-refractivity contribution in [1.29, 1.82) is 0 Å². The van der Waals surface area contributed by atoms with Crippen LogP contribution in [0, 0.1) is 11.7 Å². The van der Waals surface area contributed by atoms with Crippen LogP contribution in [0.2, 0.25) is 5.02 Å². The Kier molecular flexibility index (Phi) is 4.81. The highest BCUT2D eigenvalue weighted by atomic mass is 35.5. The van der Waals surface area contributed by atoms with Gasteiger partial charge < -0.3 is 10.2 Å². The van der Waals surface area contributed by atoms with Gasteiger partial charge in [-0.1, -0.05) is 23.7 Å². The van der Waals surface area contributed by atoms with Gasteiger partial charge in [-0.15, -0.1) is 0 Å². The van der Waals surface area contributed by atoms with E-state index in [0.717, 1.165) is 5.56 Å². The van der Waals surface area contributed by atoms with E-state index in [1.54, 1.807) is 24.3 Å². The molecule has 4 nitrogen and oxygen atoms in total. The van der Waals surface area contributed by atoms with Crippen LogP contribution in [0.4, 0.5) is 10.1 Å². The minimum absolute atomic E-state index is 0.131. The third kappa shape index (κ3) is 3.74. The molecule has 2 aromatic carbocycles. The molecule has 1 aliphatic heterocycles. The summed E-state index contributed by atoms with van der Waals surface area (Å²) < 4.78 is 13.0. The number of amides is 2. The van der Waals surface area contributed by atoms with Crippen molar-refractivity contribution < 1.29 is 14.0 Å². The van der Waals surface area contributed by atoms with E-state index in [9.17, 15) is 14.0 Å². The Hall–Kier alpha value is -2.40. The van der Waals surface area contributed by atoms with Crippen molar-refractivity contribution in [3.05, 3.63) is 64.9 Å². The van der Waals surface area contributed by atoms with Gasteiger partial charge in [0.05, 0.1) is 5.92 Å². The van der Waals surface area contributed by atoms with Gasteiger partial charge in [0, 0.05) is 30.2 Å². The molecule has 0 radical (unpaired) electrons. The lowest BCUT2D eigenvalue weighted by atomic mass is 10.1. The number of nitrogens with one attached hydrogen (secondary N) is 1. The third-order valence-electron chi connectivity index (χ3n) is 4.01. The Balaban J connectivity index is 1.59. The summed E-state index contributed by atoms with van der Waals surface area (Å²) in [6.07, 6.45) is 0.157. The summed E-state index contributed by atoms with van der Waals surface area (Å²) in [7, 11) is 0. The number of carbonyl (C=O) groups excluding carboxylic acids is 2. The Morgan fingerprint density at radius 2 is 1.83 bits per heavy atom. The molecule has 0 spiro atoms. The van der Waals surface area contributed by atoms with E-state index in [1.807, 2.05) is 12.1 Å². The van der Waals surface area contributed by atoms with Gasteiger partial charge in [-0.05, 0) is 42.0 Å². The van der Waals surface area contributed by atoms with E-state index in [0.29, 0.717) is 23.8 Å². The molecule has 6 heteroatoms. The van der Waals surface area contributed by atoms with Crippen LogP contribution in [0.1, 0.15) is 12.0 Å². The number of hydrogen-bond donors (Lipinski definition) is 1. The van der Waals surface area contributed by atoms with Crippen molar-refractivity contribution in [3.8, 4) is 0 Å². The SMILES string of the molecule is O=C(NCc1ccc(Cl)cc1)[C@H]1CC(=O)N(c2ccc(F)cc2)C1. The zero-order chi connectivity index (χ0) is 17.1. The van der Waals surface area contributed by atoms with Gasteiger partial charge in [-0.25, -0.2) is 4.39 Å². The third-order valence-corrected chi connectivity index (χ3v) is 4.27. The molecular formula is C18H16ClFN2O2. The first kappa shape index (κ1) is 16.5. The Labute approximate surface area is 144 Å². The Morgan fingerprint density at radius 3 is 2.50 bits per heavy atom. The molecule has 1 heterocycles. The Morgan fingerprint density at radius 1 is 1.17 bits per heavy atom. The van der Waals surface area contributed by atoms with E-state index in [2.05, 4.69) is 5.32 Å². The van der Waals surface area contributed by atoms with Gasteiger partial charge in [0.25, 0.3) is 0 Å². The molecule has 2 amide bonds. The maximum atomic E-state index is 13.0. The van der Waals surface area contributed by atoms with E-state index in [1.165, 1.54) is 17.0 Å². The van der Waals surface area contributed by atoms with Crippen LogP contribution < -0.4 is 10.2 Å². The molecule has 3 rings (SSSR count). The lowest BCUT2D eigenvalue weighted by Gasteiger charge is -2.16. The molecule has 0 aliphatic carbocycles. The van der Waals surface area contributed by atoms with Crippen molar-refractivity contribution >= 4 is 29.1 Å². The summed E-state index contributed by atoms with van der Waals surface area (Å²) in [5.74, 6) is -1.06. The number of anilines is 1. The normalized spacial score (nSPS) is 17.2. The number of hydrogen-bond acceptors (Lipinski definition) is 2. The lowest BCUT2D eigenvalue weighted by molar-refractivity contribution is -0.126. The van der Waals surface area contributed by atoms with E-state index in [4.69, 9.17) is 11.6 Å². The van der Waals surface area contributed by atoms with Gasteiger partial charge in [0.2, 0.25) is 11.8 Å². The van der Waals surface area contributed by atoms with Crippen molar-refractivity contribution in [2.24, 2.45) is 5.92 Å². The predicted octanol–water partition coefficient (Wildman–Crippen LogP) is 3.15. The number of halogens is 2. The quantitative estimate of drug-likeness (QED) is 0.924. The first-order chi connectivity index (χ1) is 11.5. The lowest BCUT2D eigenvalue weighted by Crippen LogP contribution is -2.32. The molecule has 0 aromatic heterocycles. The smallest absolute Gasteiger partial charge is 0.227 e. The van der Waals surface area contributed by atoms with Crippen LogP contribution in [-0.2, 0) is 16.1 Å². The molecule has 1 N–H and O–H groups in total. The first-order valence-electron chi connectivity index (χ1n) is 7.61. The second-order valence-electron chi connectivity index (χ2n) is 5.73. The summed E-state index contributed by atoms with van der Waals surface area (Å²) in [5, 5.41) is 3.48. The number of carbonyl (C=O) groups is 2. The minimum Gasteiger partial charge on any atom is -0.352 e. The van der Waals surface area contributed by atoms with Crippen LogP contribution in [-0.4, -0.2) is 18.4 Å². The summed E-state index contributed by atoms with van der Waals surface area (Å²) in [6, 6.07) is 12.9. The van der Waals surface area contributed by atoms with Gasteiger partial charge in [0.15, 0.2) is 0 Å². The predicted molar refractivity (Wildman–Crippen MR) is 90.2 cm³/mol. The molecule has 124 valence electrons. The van der Waals surface area contributed by atoms with Gasteiger partial charge in [-0.3, -0.25) is 9.59 Å². The van der Waals surface area contributed by atoms with Crippen LogP contribution in [0.15, 0.2) is 48.5 Å². The van der Waals surface area contributed by atoms with Gasteiger partial charge in [-0.2, -0.15) is 0 Å². The van der Waals surface area contributed by atoms with Crippen LogP contribution >= 0.6 is 11.6 Å². The summed E-state index contributed by atoms with van der Waals surface area (Å²) >= 11 is 5.82. The molecule has 24 heavy (non-hydrogen) atoms. The molecule has 0 saturated carbocycles. The maximum Gasteiger partial charge on any atom is 0.227 e. The average molecular weight is 347 g/mol. The number of benzene rings is 2. The molecule has 0 bridgehead atoms. The molecular weight excluding hydrogens is 331 g/mol. The van der Waals surface area contributed by atoms with E-state index >= 15 is 0 Å². The van der Waals surface area contributed by atoms with Crippen molar-refractivity contribution in [1.82, 2.24) is 5.32 Å². The fraction of sp³-hybridized carbons (Fsp3) is 0.222. The van der Waals surface area contributed by atoms with Crippen molar-refractivity contribution in [2.45, 2.75) is 13.0 Å². The molecule has 2 aromatic rings. The summed E-state index contributed by atoms with van der Waals surface area (Å²) in [4.78, 5) is 25.9. The van der Waals surface area contributed by atoms with Gasteiger partial charge >= 0.3 is 0 Å². The first-order valence-corrected chi connectivity index (χ1v) is 7.99. The molecule has 1 saturated heterocycles. The van der Waals surface area contributed by atoms with Crippen LogP contribution in [0.3, 0.4) is 0 Å². The van der Waals surface area contributed by atoms with E-state index in [-0.39, 0.29) is 24.1 Å². The second-order valence-corrected chi connectivity index (χ2v) is 6.16. The molecule has 0 unspecified atom stereocenters. The minimum atomic E-state index is -0.408. The monoisotopic (exact) mass is 346 g/mol. The number of rotatable bonds is 4. The van der Waals surface area contributed by atoms with Gasteiger partial charge in [0.1, 0.15) is 5.82 Å². The molecule has 1 fully saturated rings. The van der Waals surface area contributed by atoms with Crippen molar-refractivity contribution in [3.63, 3.8) is 0 Å². The zero-order valence-electron chi connectivity index (χ0n) is 12.8. The van der Waals surface area contributed by atoms with Crippen LogP contribution in [0.5, 0.6) is 0 Å². The van der Waals surface area contributed by atoms with Crippen molar-refractivity contribution in [2.75, 3.05) is 11.4 Å². The maximum absolute atomic E-state index is 13.0. The highest BCUT2D eigenvalue weighted by Gasteiger charge is 2.34. The fourth-order valence-corrected chi connectivity index (χ4v) is 2.82. The summed E-state index contributed by atoms with van der Waals surface area (Å²) in [5.41, 5.74) is 1.54. The second kappa shape index (κ2) is 7.01. The molecule has 1 atom stereocenters. The summed E-state index contributed by atoms with van der Waals surface area (Å²) in [6.45, 7) is 0.689. The fourth-order valence-electron chi connectivity index (χ4n) is 2.69. The number of nitrogens with zero attached hydrogens (tertiary/aromatic N) is 1. The average Bonchev–Trinajstić information content (AvgIpc) is 2.97. The standard InChI is InChI=1S/C18H16ClFN2O2/c19-14-3-1-12(2-4-14)10-21-18(24)13-9-17(23)22(11-13)16-7-5-15(20)6-8-16/h1-8,13H,9-11H2,(H,21,24)/t13-/m0/s1. The largest absolute Gasteiger partial charge is 0.352 e. The highest BCUT2D eigenvalue weighted by Crippen LogP contribution is 2.25. The topological polar surface area (TPSA) is 49.4 Å². The Bertz CT molecular complexity index is 747. The van der Waals surface area contributed by atoms with Crippen LogP contribution in [0.25, 0.3) is 0 Å². The highest BCUT2D eigenvalue weighted by molar-refractivity contribution is 6.30. The zero-order valence-corrected chi connectivity index (χ0v) is 13.6. The van der Waals surface area contributed by atoms with E-state index < -0.39 is 5.92 Å². The molecule has 1 aliphatic rings.